The SMILES string of the molecule is c1ccc(-c2nc(-c3cc(-c4ccc(-n5c6ccccc6c6ccccc65)cc4)cc(-c4ccc(-n5c6ccccc6c6ccccc65)cc4)c3)cc(-c3ccccn3)n2)cc1. The van der Waals surface area contributed by atoms with Crippen LogP contribution in [0.2, 0.25) is 0 Å². The molecule has 0 N–H and O–H groups in total. The van der Waals surface area contributed by atoms with Gasteiger partial charge in [-0.3, -0.25) is 4.98 Å². The molecule has 8 aromatic carbocycles. The first-order valence-corrected chi connectivity index (χ1v) is 20.9. The lowest BCUT2D eigenvalue weighted by molar-refractivity contribution is 1.16. The second kappa shape index (κ2) is 14.7. The minimum Gasteiger partial charge on any atom is -0.309 e. The van der Waals surface area contributed by atoms with Crippen LogP contribution in [0.15, 0.2) is 225 Å². The van der Waals surface area contributed by atoms with Gasteiger partial charge in [0.05, 0.1) is 39.1 Å². The number of nitrogens with zero attached hydrogens (tertiary/aromatic N) is 5. The lowest BCUT2D eigenvalue weighted by Gasteiger charge is -2.14. The summed E-state index contributed by atoms with van der Waals surface area (Å²) in [6, 6.07) is 77.4. The Morgan fingerprint density at radius 3 is 1.16 bits per heavy atom. The van der Waals surface area contributed by atoms with E-state index in [0.29, 0.717) is 5.82 Å². The quantitative estimate of drug-likeness (QED) is 0.162. The predicted molar refractivity (Wildman–Crippen MR) is 256 cm³/mol. The van der Waals surface area contributed by atoms with Gasteiger partial charge >= 0.3 is 0 Å². The van der Waals surface area contributed by atoms with E-state index in [2.05, 4.69) is 196 Å². The Kier molecular flexibility index (Phi) is 8.42. The summed E-state index contributed by atoms with van der Waals surface area (Å²) in [5.41, 5.74) is 15.7. The average molecular weight is 792 g/mol. The molecule has 12 rings (SSSR count). The van der Waals surface area contributed by atoms with Gasteiger partial charge in [0.1, 0.15) is 0 Å². The Morgan fingerprint density at radius 2 is 0.694 bits per heavy atom. The first-order valence-electron chi connectivity index (χ1n) is 20.9. The summed E-state index contributed by atoms with van der Waals surface area (Å²) >= 11 is 0. The van der Waals surface area contributed by atoms with Crippen molar-refractivity contribution in [3.05, 3.63) is 225 Å². The maximum absolute atomic E-state index is 5.23. The van der Waals surface area contributed by atoms with E-state index in [1.165, 1.54) is 43.6 Å². The highest BCUT2D eigenvalue weighted by Gasteiger charge is 2.17. The molecule has 12 aromatic rings. The molecule has 0 saturated heterocycles. The molecule has 0 saturated carbocycles. The molecule has 5 heteroatoms. The summed E-state index contributed by atoms with van der Waals surface area (Å²) < 4.78 is 4.72. The minimum absolute atomic E-state index is 0.654. The minimum atomic E-state index is 0.654. The molecular formula is C57H37N5. The van der Waals surface area contributed by atoms with Gasteiger partial charge in [-0.05, 0) is 107 Å². The lowest BCUT2D eigenvalue weighted by Crippen LogP contribution is -1.97. The molecule has 0 unspecified atom stereocenters. The second-order valence-electron chi connectivity index (χ2n) is 15.7. The predicted octanol–water partition coefficient (Wildman–Crippen LogP) is 14.4. The highest BCUT2D eigenvalue weighted by atomic mass is 15.0. The summed E-state index contributed by atoms with van der Waals surface area (Å²) in [4.78, 5) is 15.0. The van der Waals surface area contributed by atoms with Gasteiger partial charge in [0.15, 0.2) is 5.82 Å². The third-order valence-corrected chi connectivity index (χ3v) is 12.0. The van der Waals surface area contributed by atoms with Gasteiger partial charge in [-0.2, -0.15) is 0 Å². The van der Waals surface area contributed by atoms with E-state index < -0.39 is 0 Å². The van der Waals surface area contributed by atoms with Crippen LogP contribution in [0, 0.1) is 0 Å². The van der Waals surface area contributed by atoms with Gasteiger partial charge in [0.2, 0.25) is 0 Å². The van der Waals surface area contributed by atoms with Crippen molar-refractivity contribution in [2.45, 2.75) is 0 Å². The molecule has 0 bridgehead atoms. The zero-order valence-electron chi connectivity index (χ0n) is 33.6. The van der Waals surface area contributed by atoms with E-state index in [1.807, 2.05) is 42.6 Å². The van der Waals surface area contributed by atoms with Gasteiger partial charge in [-0.25, -0.2) is 9.97 Å². The second-order valence-corrected chi connectivity index (χ2v) is 15.7. The van der Waals surface area contributed by atoms with Crippen molar-refractivity contribution >= 4 is 43.6 Å². The van der Waals surface area contributed by atoms with Crippen molar-refractivity contribution in [3.8, 4) is 67.7 Å². The number of rotatable bonds is 7. The van der Waals surface area contributed by atoms with Crippen molar-refractivity contribution < 1.29 is 0 Å². The van der Waals surface area contributed by atoms with Gasteiger partial charge in [0.25, 0.3) is 0 Å². The number of hydrogen-bond acceptors (Lipinski definition) is 3. The summed E-state index contributed by atoms with van der Waals surface area (Å²) in [5.74, 6) is 0.654. The fourth-order valence-corrected chi connectivity index (χ4v) is 9.07. The van der Waals surface area contributed by atoms with Crippen LogP contribution in [0.1, 0.15) is 0 Å². The molecule has 0 aliphatic carbocycles. The standard InChI is InChI=1S/C57H37N5/c1-2-14-40(15-3-1)57-59-51(37-52(60-57)50-20-12-13-33-58-50)43-35-41(38-25-29-44(30-26-38)61-53-21-8-4-16-46(53)47-17-5-9-22-54(47)61)34-42(36-43)39-27-31-45(32-28-39)62-55-23-10-6-18-48(55)49-19-7-11-24-56(49)62/h1-37H. The molecule has 0 amide bonds. The Bertz CT molecular complexity index is 3260. The topological polar surface area (TPSA) is 48.5 Å². The number of aromatic nitrogens is 5. The molecule has 0 fully saturated rings. The molecule has 0 atom stereocenters. The molecule has 0 aliphatic heterocycles. The first-order chi connectivity index (χ1) is 30.7. The van der Waals surface area contributed by atoms with Gasteiger partial charge in [-0.15, -0.1) is 0 Å². The number of hydrogen-bond donors (Lipinski definition) is 0. The normalized spacial score (nSPS) is 11.5. The summed E-state index contributed by atoms with van der Waals surface area (Å²) in [5, 5.41) is 4.99. The number of fused-ring (bicyclic) bond motifs is 6. The molecule has 4 heterocycles. The van der Waals surface area contributed by atoms with Crippen LogP contribution in [0.4, 0.5) is 0 Å². The van der Waals surface area contributed by atoms with Gasteiger partial charge in [0, 0.05) is 50.2 Å². The molecule has 0 radical (unpaired) electrons. The van der Waals surface area contributed by atoms with Crippen molar-refractivity contribution in [2.24, 2.45) is 0 Å². The van der Waals surface area contributed by atoms with Crippen molar-refractivity contribution in [2.75, 3.05) is 0 Å². The monoisotopic (exact) mass is 791 g/mol. The van der Waals surface area contributed by atoms with Gasteiger partial charge in [-0.1, -0.05) is 133 Å². The van der Waals surface area contributed by atoms with Crippen LogP contribution in [-0.4, -0.2) is 24.1 Å². The zero-order valence-corrected chi connectivity index (χ0v) is 33.6. The fraction of sp³-hybridized carbons (Fsp3) is 0. The molecule has 62 heavy (non-hydrogen) atoms. The van der Waals surface area contributed by atoms with Crippen molar-refractivity contribution in [3.63, 3.8) is 0 Å². The number of benzene rings is 8. The maximum Gasteiger partial charge on any atom is 0.160 e. The molecule has 0 aliphatic rings. The van der Waals surface area contributed by atoms with E-state index in [9.17, 15) is 0 Å². The third-order valence-electron chi connectivity index (χ3n) is 12.0. The summed E-state index contributed by atoms with van der Waals surface area (Å²) in [6.07, 6.45) is 1.81. The molecular weight excluding hydrogens is 755 g/mol. The van der Waals surface area contributed by atoms with Crippen LogP contribution in [0.5, 0.6) is 0 Å². The molecule has 0 spiro atoms. The van der Waals surface area contributed by atoms with E-state index >= 15 is 0 Å². The Balaban J connectivity index is 1.02. The van der Waals surface area contributed by atoms with E-state index in [1.54, 1.807) is 0 Å². The van der Waals surface area contributed by atoms with Crippen LogP contribution in [-0.2, 0) is 0 Å². The third kappa shape index (κ3) is 6.06. The maximum atomic E-state index is 5.23. The highest BCUT2D eigenvalue weighted by molar-refractivity contribution is 6.10. The smallest absolute Gasteiger partial charge is 0.160 e. The fourth-order valence-electron chi connectivity index (χ4n) is 9.07. The van der Waals surface area contributed by atoms with Crippen molar-refractivity contribution in [1.82, 2.24) is 24.1 Å². The lowest BCUT2D eigenvalue weighted by atomic mass is 9.94. The van der Waals surface area contributed by atoms with Crippen LogP contribution in [0.25, 0.3) is 111 Å². The zero-order chi connectivity index (χ0) is 41.0. The summed E-state index contributed by atoms with van der Waals surface area (Å²) in [7, 11) is 0. The highest BCUT2D eigenvalue weighted by Crippen LogP contribution is 2.38. The van der Waals surface area contributed by atoms with Crippen LogP contribution >= 0.6 is 0 Å². The Hall–Kier alpha value is -8.41. The molecule has 290 valence electrons. The van der Waals surface area contributed by atoms with E-state index in [4.69, 9.17) is 9.97 Å². The van der Waals surface area contributed by atoms with Gasteiger partial charge < -0.3 is 9.13 Å². The average Bonchev–Trinajstić information content (AvgIpc) is 3.87. The molecule has 4 aromatic heterocycles. The summed E-state index contributed by atoms with van der Waals surface area (Å²) in [6.45, 7) is 0. The number of para-hydroxylation sites is 4. The van der Waals surface area contributed by atoms with E-state index in [0.717, 1.165) is 61.8 Å². The largest absolute Gasteiger partial charge is 0.309 e. The van der Waals surface area contributed by atoms with Crippen molar-refractivity contribution in [1.29, 1.82) is 0 Å². The molecule has 5 nitrogen and oxygen atoms in total. The number of pyridine rings is 1. The Labute approximate surface area is 358 Å². The van der Waals surface area contributed by atoms with Crippen LogP contribution in [0.3, 0.4) is 0 Å². The van der Waals surface area contributed by atoms with Crippen LogP contribution < -0.4 is 0 Å². The Morgan fingerprint density at radius 1 is 0.274 bits per heavy atom. The van der Waals surface area contributed by atoms with E-state index in [-0.39, 0.29) is 0 Å². The first kappa shape index (κ1) is 35.5.